The van der Waals surface area contributed by atoms with Crippen molar-refractivity contribution in [2.24, 2.45) is 14.1 Å². The number of amides is 2. The van der Waals surface area contributed by atoms with Gasteiger partial charge in [0.2, 0.25) is 0 Å². The zero-order valence-electron chi connectivity index (χ0n) is 20.4. The van der Waals surface area contributed by atoms with Crippen LogP contribution in [-0.4, -0.2) is 71.5 Å². The molecule has 0 spiro atoms. The van der Waals surface area contributed by atoms with Crippen molar-refractivity contribution in [3.63, 3.8) is 0 Å². The maximum Gasteiger partial charge on any atom is 0.319 e. The van der Waals surface area contributed by atoms with E-state index in [1.807, 2.05) is 13.1 Å². The van der Waals surface area contributed by atoms with Crippen LogP contribution in [0.1, 0.15) is 18.4 Å². The number of anilines is 1. The molecule has 0 saturated carbocycles. The van der Waals surface area contributed by atoms with Crippen LogP contribution in [0.4, 0.5) is 14.9 Å². The molecule has 2 aromatic carbocycles. The highest BCUT2D eigenvalue weighted by atomic mass is 19.1. The first-order valence-corrected chi connectivity index (χ1v) is 11.5. The number of carbonyl (C=O) groups excluding carboxylic acids is 1. The molecule has 0 aliphatic heterocycles. The molecule has 4 rings (SSSR count). The van der Waals surface area contributed by atoms with Gasteiger partial charge in [-0.05, 0) is 83.2 Å². The number of carbonyl (C=O) groups is 1. The fraction of sp³-hybridized carbons (Fsp3) is 0.348. The van der Waals surface area contributed by atoms with E-state index in [1.165, 1.54) is 12.1 Å². The Balaban J connectivity index is 1.30. The number of hydrogen-bond donors (Lipinski definition) is 2. The molecule has 0 bridgehead atoms. The number of aromatic nitrogens is 8. The summed E-state index contributed by atoms with van der Waals surface area (Å²) in [7, 11) is 5.50. The predicted molar refractivity (Wildman–Crippen MR) is 131 cm³/mol. The van der Waals surface area contributed by atoms with Crippen molar-refractivity contribution in [1.29, 1.82) is 0 Å². The number of hydrogen-bond acceptors (Lipinski definition) is 8. The number of aryl methyl sites for hydroxylation is 2. The van der Waals surface area contributed by atoms with Crippen molar-refractivity contribution >= 4 is 11.7 Å². The van der Waals surface area contributed by atoms with Crippen LogP contribution in [-0.2, 0) is 20.6 Å². The quantitative estimate of drug-likeness (QED) is 0.322. The van der Waals surface area contributed by atoms with Gasteiger partial charge in [-0.25, -0.2) is 18.5 Å². The summed E-state index contributed by atoms with van der Waals surface area (Å²) < 4.78 is 16.1. The monoisotopic (exact) mass is 493 g/mol. The summed E-state index contributed by atoms with van der Waals surface area (Å²) in [5.74, 6) is 0.852. The van der Waals surface area contributed by atoms with Crippen LogP contribution < -0.4 is 10.6 Å². The van der Waals surface area contributed by atoms with Crippen molar-refractivity contribution in [2.45, 2.75) is 19.4 Å². The molecule has 2 heterocycles. The van der Waals surface area contributed by atoms with Gasteiger partial charge in [0.15, 0.2) is 11.6 Å². The lowest BCUT2D eigenvalue weighted by Crippen LogP contribution is -2.30. The van der Waals surface area contributed by atoms with Gasteiger partial charge in [0.05, 0.1) is 0 Å². The highest BCUT2D eigenvalue weighted by Gasteiger charge is 2.14. The molecule has 0 unspecified atom stereocenters. The number of halogens is 1. The van der Waals surface area contributed by atoms with E-state index in [0.717, 1.165) is 31.5 Å². The molecular formula is C23H28FN11O. The molecule has 0 radical (unpaired) electrons. The first kappa shape index (κ1) is 24.9. The third-order valence-electron chi connectivity index (χ3n) is 5.57. The molecule has 4 aromatic rings. The van der Waals surface area contributed by atoms with E-state index >= 15 is 0 Å². The van der Waals surface area contributed by atoms with Crippen LogP contribution in [0, 0.1) is 5.82 Å². The Bertz CT molecular complexity index is 1240. The Morgan fingerprint density at radius 1 is 0.944 bits per heavy atom. The minimum Gasteiger partial charge on any atom is -0.338 e. The topological polar surface area (TPSA) is 132 Å². The standard InChI is InChI=1S/C23H28FN11O/c1-33(15-16-6-8-19(24)9-7-16)11-5-4-10-25-23(36)26-20-13-17(21-27-29-31-34(21)2)12-18(14-20)22-28-30-32-35(22)3/h6-9,12-14H,4-5,10-11,15H2,1-3H3,(H2,25,26,36). The van der Waals surface area contributed by atoms with Gasteiger partial charge < -0.3 is 15.5 Å². The van der Waals surface area contributed by atoms with Crippen LogP contribution in [0.15, 0.2) is 42.5 Å². The summed E-state index contributed by atoms with van der Waals surface area (Å²) in [6, 6.07) is 11.7. The molecule has 13 heteroatoms. The Hall–Kier alpha value is -4.26. The van der Waals surface area contributed by atoms with Crippen molar-refractivity contribution in [3.8, 4) is 22.8 Å². The summed E-state index contributed by atoms with van der Waals surface area (Å²) in [4.78, 5) is 14.7. The Morgan fingerprint density at radius 2 is 1.56 bits per heavy atom. The molecule has 2 amide bonds. The maximum atomic E-state index is 13.0. The van der Waals surface area contributed by atoms with E-state index in [4.69, 9.17) is 0 Å². The van der Waals surface area contributed by atoms with E-state index in [9.17, 15) is 9.18 Å². The van der Waals surface area contributed by atoms with Crippen LogP contribution in [0.3, 0.4) is 0 Å². The Morgan fingerprint density at radius 3 is 2.11 bits per heavy atom. The molecule has 36 heavy (non-hydrogen) atoms. The molecule has 0 aliphatic rings. The lowest BCUT2D eigenvalue weighted by molar-refractivity contribution is 0.251. The van der Waals surface area contributed by atoms with Gasteiger partial charge in [-0.2, -0.15) is 0 Å². The smallest absolute Gasteiger partial charge is 0.319 e. The van der Waals surface area contributed by atoms with E-state index in [-0.39, 0.29) is 11.8 Å². The summed E-state index contributed by atoms with van der Waals surface area (Å²) in [5, 5.41) is 29.0. The normalized spacial score (nSPS) is 11.1. The fourth-order valence-electron chi connectivity index (χ4n) is 3.77. The first-order valence-electron chi connectivity index (χ1n) is 11.5. The predicted octanol–water partition coefficient (Wildman–Crippen LogP) is 2.24. The third kappa shape index (κ3) is 6.44. The molecule has 2 N–H and O–H groups in total. The van der Waals surface area contributed by atoms with Crippen LogP contribution in [0.2, 0.25) is 0 Å². The van der Waals surface area contributed by atoms with Gasteiger partial charge in [0, 0.05) is 44.0 Å². The number of unbranched alkanes of at least 4 members (excludes halogenated alkanes) is 1. The maximum absolute atomic E-state index is 13.0. The molecule has 12 nitrogen and oxygen atoms in total. The van der Waals surface area contributed by atoms with E-state index in [0.29, 0.717) is 35.0 Å². The first-order chi connectivity index (χ1) is 17.4. The number of nitrogens with one attached hydrogen (secondary N) is 2. The van der Waals surface area contributed by atoms with Gasteiger partial charge in [-0.3, -0.25) is 0 Å². The minimum atomic E-state index is -0.315. The number of nitrogens with zero attached hydrogens (tertiary/aromatic N) is 9. The Labute approximate surface area is 207 Å². The highest BCUT2D eigenvalue weighted by Crippen LogP contribution is 2.27. The van der Waals surface area contributed by atoms with E-state index in [1.54, 1.807) is 47.7 Å². The van der Waals surface area contributed by atoms with Crippen molar-refractivity contribution in [1.82, 2.24) is 50.6 Å². The summed E-state index contributed by atoms with van der Waals surface area (Å²) >= 11 is 0. The molecule has 0 atom stereocenters. The average Bonchev–Trinajstić information content (AvgIpc) is 3.48. The minimum absolute atomic E-state index is 0.231. The third-order valence-corrected chi connectivity index (χ3v) is 5.57. The second kappa shape index (κ2) is 11.4. The van der Waals surface area contributed by atoms with Gasteiger partial charge in [-0.1, -0.05) is 12.1 Å². The number of rotatable bonds is 10. The fourth-order valence-corrected chi connectivity index (χ4v) is 3.77. The van der Waals surface area contributed by atoms with E-state index < -0.39 is 0 Å². The molecule has 0 saturated heterocycles. The van der Waals surface area contributed by atoms with Gasteiger partial charge in [0.25, 0.3) is 0 Å². The van der Waals surface area contributed by atoms with Crippen molar-refractivity contribution in [2.75, 3.05) is 25.5 Å². The second-order valence-electron chi connectivity index (χ2n) is 8.50. The number of tetrazole rings is 2. The van der Waals surface area contributed by atoms with Crippen LogP contribution >= 0.6 is 0 Å². The molecule has 188 valence electrons. The van der Waals surface area contributed by atoms with Gasteiger partial charge >= 0.3 is 6.03 Å². The number of benzene rings is 2. The lowest BCUT2D eigenvalue weighted by atomic mass is 10.1. The van der Waals surface area contributed by atoms with Gasteiger partial charge in [-0.15, -0.1) is 10.2 Å². The number of urea groups is 1. The largest absolute Gasteiger partial charge is 0.338 e. The average molecular weight is 494 g/mol. The molecular weight excluding hydrogens is 465 g/mol. The molecule has 2 aromatic heterocycles. The SMILES string of the molecule is CN(CCCCNC(=O)Nc1cc(-c2nnnn2C)cc(-c2nnnn2C)c1)Cc1ccc(F)cc1. The van der Waals surface area contributed by atoms with Gasteiger partial charge in [0.1, 0.15) is 5.82 Å². The van der Waals surface area contributed by atoms with Crippen molar-refractivity contribution < 1.29 is 9.18 Å². The highest BCUT2D eigenvalue weighted by molar-refractivity contribution is 5.91. The van der Waals surface area contributed by atoms with E-state index in [2.05, 4.69) is 46.6 Å². The zero-order chi connectivity index (χ0) is 25.5. The summed E-state index contributed by atoms with van der Waals surface area (Å²) in [5.41, 5.74) is 3.04. The summed E-state index contributed by atoms with van der Waals surface area (Å²) in [6.07, 6.45) is 1.73. The van der Waals surface area contributed by atoms with Crippen LogP contribution in [0.25, 0.3) is 22.8 Å². The Kier molecular flexibility index (Phi) is 7.90. The summed E-state index contributed by atoms with van der Waals surface area (Å²) in [6.45, 7) is 2.14. The second-order valence-corrected chi connectivity index (χ2v) is 8.50. The van der Waals surface area contributed by atoms with Crippen LogP contribution in [0.5, 0.6) is 0 Å². The molecule has 0 aliphatic carbocycles. The molecule has 0 fully saturated rings. The van der Waals surface area contributed by atoms with Crippen molar-refractivity contribution in [3.05, 3.63) is 53.8 Å². The zero-order valence-corrected chi connectivity index (χ0v) is 20.4. The lowest BCUT2D eigenvalue weighted by Gasteiger charge is -2.16.